The molecule has 0 N–H and O–H groups in total. The quantitative estimate of drug-likeness (QED) is 0.586. The van der Waals surface area contributed by atoms with Crippen LogP contribution in [0.5, 0.6) is 5.75 Å². The third-order valence-corrected chi connectivity index (χ3v) is 3.65. The maximum atomic E-state index is 11.2. The summed E-state index contributed by atoms with van der Waals surface area (Å²) in [5.41, 5.74) is 0.942. The molecule has 0 amide bonds. The highest BCUT2D eigenvalue weighted by atomic mass is 127. The summed E-state index contributed by atoms with van der Waals surface area (Å²) in [6.07, 6.45) is 0. The van der Waals surface area contributed by atoms with Gasteiger partial charge in [-0.25, -0.2) is 0 Å². The number of Topliss-reactive ketones (excluding diaryl/α,β-unsaturated/α-hetero) is 1. The molecule has 15 heavy (non-hydrogen) atoms. The zero-order valence-electron chi connectivity index (χ0n) is 8.59. The Labute approximate surface area is 112 Å². The number of benzene rings is 1. The van der Waals surface area contributed by atoms with Gasteiger partial charge in [-0.1, -0.05) is 15.9 Å². The lowest BCUT2D eigenvalue weighted by Crippen LogP contribution is -2.02. The summed E-state index contributed by atoms with van der Waals surface area (Å²) >= 11 is 5.58. The third-order valence-electron chi connectivity index (χ3n) is 1.85. The molecule has 0 spiro atoms. The summed E-state index contributed by atoms with van der Waals surface area (Å²) in [6, 6.07) is 5.82. The van der Waals surface area contributed by atoms with Crippen LogP contribution >= 0.6 is 38.5 Å². The van der Waals surface area contributed by atoms with E-state index in [0.717, 1.165) is 14.9 Å². The second-order valence-corrected chi connectivity index (χ2v) is 5.29. The smallest absolute Gasteiger partial charge is 0.147 e. The largest absolute Gasteiger partial charge is 0.494 e. The van der Waals surface area contributed by atoms with Crippen molar-refractivity contribution in [3.63, 3.8) is 0 Å². The van der Waals surface area contributed by atoms with Crippen LogP contribution in [0.3, 0.4) is 0 Å². The molecule has 0 saturated heterocycles. The highest BCUT2D eigenvalue weighted by molar-refractivity contribution is 14.1. The maximum absolute atomic E-state index is 11.2. The van der Waals surface area contributed by atoms with Crippen LogP contribution in [0.1, 0.15) is 24.2 Å². The monoisotopic (exact) mass is 382 g/mol. The first kappa shape index (κ1) is 13.0. The zero-order chi connectivity index (χ0) is 11.4. The number of halogens is 2. The van der Waals surface area contributed by atoms with Crippen molar-refractivity contribution in [1.29, 1.82) is 0 Å². The van der Waals surface area contributed by atoms with Gasteiger partial charge in [-0.3, -0.25) is 4.79 Å². The van der Waals surface area contributed by atoms with Gasteiger partial charge in [0.15, 0.2) is 0 Å². The van der Waals surface area contributed by atoms with Crippen molar-refractivity contribution in [3.05, 3.63) is 27.3 Å². The molecule has 4 heteroatoms. The standard InChI is InChI=1S/C11H12BrIO2/c1-3-15-10-5-8(4-9(13)6-10)11(12)7(2)14/h4-6,11H,3H2,1-2H3. The second-order valence-electron chi connectivity index (χ2n) is 3.13. The Morgan fingerprint density at radius 1 is 1.53 bits per heavy atom. The number of rotatable bonds is 4. The number of carbonyl (C=O) groups is 1. The fourth-order valence-electron chi connectivity index (χ4n) is 1.22. The van der Waals surface area contributed by atoms with Gasteiger partial charge in [-0.05, 0) is 60.2 Å². The zero-order valence-corrected chi connectivity index (χ0v) is 12.3. The SMILES string of the molecule is CCOc1cc(I)cc(C(Br)C(C)=O)c1. The van der Waals surface area contributed by atoms with Gasteiger partial charge in [0.25, 0.3) is 0 Å². The van der Waals surface area contributed by atoms with E-state index in [1.54, 1.807) is 6.92 Å². The van der Waals surface area contributed by atoms with Gasteiger partial charge in [0, 0.05) is 3.57 Å². The van der Waals surface area contributed by atoms with Crippen LogP contribution in [-0.4, -0.2) is 12.4 Å². The number of ketones is 1. The van der Waals surface area contributed by atoms with Crippen LogP contribution in [0.15, 0.2) is 18.2 Å². The molecule has 2 nitrogen and oxygen atoms in total. The molecule has 0 fully saturated rings. The van der Waals surface area contributed by atoms with Crippen molar-refractivity contribution in [2.45, 2.75) is 18.7 Å². The van der Waals surface area contributed by atoms with E-state index < -0.39 is 0 Å². The molecule has 1 unspecified atom stereocenters. The fourth-order valence-corrected chi connectivity index (χ4v) is 2.15. The van der Waals surface area contributed by atoms with Crippen LogP contribution in [-0.2, 0) is 4.79 Å². The third kappa shape index (κ3) is 3.75. The molecule has 0 aromatic heterocycles. The molecule has 82 valence electrons. The topological polar surface area (TPSA) is 26.3 Å². The van der Waals surface area contributed by atoms with Crippen molar-refractivity contribution >= 4 is 44.3 Å². The Morgan fingerprint density at radius 2 is 2.20 bits per heavy atom. The lowest BCUT2D eigenvalue weighted by atomic mass is 10.1. The molecule has 1 atom stereocenters. The Balaban J connectivity index is 3.02. The number of alkyl halides is 1. The summed E-state index contributed by atoms with van der Waals surface area (Å²) in [7, 11) is 0. The van der Waals surface area contributed by atoms with Crippen LogP contribution in [0.2, 0.25) is 0 Å². The minimum Gasteiger partial charge on any atom is -0.494 e. The summed E-state index contributed by atoms with van der Waals surface area (Å²) in [5.74, 6) is 0.907. The normalized spacial score (nSPS) is 12.3. The van der Waals surface area contributed by atoms with Crippen LogP contribution < -0.4 is 4.74 Å². The molecule has 0 saturated carbocycles. The molecule has 1 rings (SSSR count). The van der Waals surface area contributed by atoms with Gasteiger partial charge in [-0.15, -0.1) is 0 Å². The molecule has 1 aromatic carbocycles. The molecule has 0 aliphatic carbocycles. The van der Waals surface area contributed by atoms with Crippen molar-refractivity contribution in [2.75, 3.05) is 6.61 Å². The highest BCUT2D eigenvalue weighted by Crippen LogP contribution is 2.29. The predicted molar refractivity (Wildman–Crippen MR) is 72.7 cm³/mol. The van der Waals surface area contributed by atoms with Gasteiger partial charge >= 0.3 is 0 Å². The summed E-state index contributed by atoms with van der Waals surface area (Å²) in [6.45, 7) is 4.14. The molecule has 0 radical (unpaired) electrons. The minimum absolute atomic E-state index is 0.0967. The first-order valence-corrected chi connectivity index (χ1v) is 6.62. The number of hydrogen-bond donors (Lipinski definition) is 0. The molecule has 0 bridgehead atoms. The Hall–Kier alpha value is -0.100. The minimum atomic E-state index is -0.244. The van der Waals surface area contributed by atoms with Crippen LogP contribution in [0, 0.1) is 3.57 Å². The first-order chi connectivity index (χ1) is 7.04. The van der Waals surface area contributed by atoms with Crippen LogP contribution in [0.25, 0.3) is 0 Å². The number of carbonyl (C=O) groups excluding carboxylic acids is 1. The van der Waals surface area contributed by atoms with Gasteiger partial charge in [0.1, 0.15) is 11.5 Å². The van der Waals surface area contributed by atoms with E-state index in [2.05, 4.69) is 38.5 Å². The van der Waals surface area contributed by atoms with Gasteiger partial charge < -0.3 is 4.74 Å². The van der Waals surface area contributed by atoms with Crippen molar-refractivity contribution < 1.29 is 9.53 Å². The second kappa shape index (κ2) is 5.84. The van der Waals surface area contributed by atoms with E-state index >= 15 is 0 Å². The molecule has 0 aliphatic heterocycles. The van der Waals surface area contributed by atoms with E-state index in [-0.39, 0.29) is 10.6 Å². The average molecular weight is 383 g/mol. The Morgan fingerprint density at radius 3 is 2.73 bits per heavy atom. The predicted octanol–water partition coefficient (Wildman–Crippen LogP) is 3.71. The molecule has 0 heterocycles. The number of hydrogen-bond acceptors (Lipinski definition) is 2. The van der Waals surface area contributed by atoms with E-state index in [9.17, 15) is 4.79 Å². The van der Waals surface area contributed by atoms with Gasteiger partial charge in [0.2, 0.25) is 0 Å². The molecular formula is C11H12BrIO2. The van der Waals surface area contributed by atoms with Crippen molar-refractivity contribution in [1.82, 2.24) is 0 Å². The highest BCUT2D eigenvalue weighted by Gasteiger charge is 2.14. The first-order valence-electron chi connectivity index (χ1n) is 4.62. The van der Waals surface area contributed by atoms with E-state index in [1.165, 1.54) is 0 Å². The van der Waals surface area contributed by atoms with E-state index in [1.807, 2.05) is 25.1 Å². The lowest BCUT2D eigenvalue weighted by Gasteiger charge is -2.10. The van der Waals surface area contributed by atoms with Gasteiger partial charge in [-0.2, -0.15) is 0 Å². The summed E-state index contributed by atoms with van der Waals surface area (Å²) < 4.78 is 6.49. The summed E-state index contributed by atoms with van der Waals surface area (Å²) in [5, 5.41) is 0. The van der Waals surface area contributed by atoms with Crippen LogP contribution in [0.4, 0.5) is 0 Å². The number of ether oxygens (including phenoxy) is 1. The molecule has 0 aliphatic rings. The lowest BCUT2D eigenvalue weighted by molar-refractivity contribution is -0.116. The van der Waals surface area contributed by atoms with Crippen molar-refractivity contribution in [2.24, 2.45) is 0 Å². The molecular weight excluding hydrogens is 371 g/mol. The van der Waals surface area contributed by atoms with E-state index in [4.69, 9.17) is 4.74 Å². The Bertz CT molecular complexity index is 366. The summed E-state index contributed by atoms with van der Waals surface area (Å²) in [4.78, 5) is 11.0. The molecule has 1 aromatic rings. The van der Waals surface area contributed by atoms with E-state index in [0.29, 0.717) is 6.61 Å². The maximum Gasteiger partial charge on any atom is 0.147 e. The average Bonchev–Trinajstić information content (AvgIpc) is 2.16. The van der Waals surface area contributed by atoms with Gasteiger partial charge in [0.05, 0.1) is 11.4 Å². The van der Waals surface area contributed by atoms with Crippen molar-refractivity contribution in [3.8, 4) is 5.75 Å². The fraction of sp³-hybridized carbons (Fsp3) is 0.364. The Kier molecular flexibility index (Phi) is 5.05.